The highest BCUT2D eigenvalue weighted by atomic mass is 16.5. The number of benzene rings is 2. The highest BCUT2D eigenvalue weighted by molar-refractivity contribution is 5.64. The summed E-state index contributed by atoms with van der Waals surface area (Å²) in [4.78, 5) is 10.6. The van der Waals surface area contributed by atoms with E-state index in [1.165, 1.54) is 5.56 Å². The molecule has 0 aliphatic heterocycles. The maximum absolute atomic E-state index is 6.01. The predicted molar refractivity (Wildman–Crippen MR) is 117 cm³/mol. The number of rotatable bonds is 8. The third-order valence-electron chi connectivity index (χ3n) is 4.50. The van der Waals surface area contributed by atoms with Crippen molar-refractivity contribution in [1.82, 2.24) is 20.2 Å². The van der Waals surface area contributed by atoms with Crippen molar-refractivity contribution in [3.63, 3.8) is 0 Å². The molecule has 0 aliphatic carbocycles. The standard InChI is InChI=1S/C23H22N6O/c1-29(16-13-18-11-14-24-15-12-18)23-27-22(17-25-28-23)26-20-9-5-6-10-21(20)30-19-7-3-2-4-8-19/h2-12,14-15,17H,13,16H2,1H3,(H,26,27,28). The van der Waals surface area contributed by atoms with Crippen LogP contribution in [0.4, 0.5) is 17.5 Å². The first kappa shape index (κ1) is 19.3. The van der Waals surface area contributed by atoms with E-state index in [1.54, 1.807) is 18.6 Å². The molecule has 0 bridgehead atoms. The maximum atomic E-state index is 6.01. The SMILES string of the molecule is CN(CCc1ccncc1)c1nncc(Nc2ccccc2Oc2ccccc2)n1. The van der Waals surface area contributed by atoms with Crippen molar-refractivity contribution >= 4 is 17.5 Å². The van der Waals surface area contributed by atoms with Gasteiger partial charge in [-0.2, -0.15) is 10.1 Å². The van der Waals surface area contributed by atoms with Crippen molar-refractivity contribution in [3.8, 4) is 11.5 Å². The summed E-state index contributed by atoms with van der Waals surface area (Å²) in [6.07, 6.45) is 6.06. The van der Waals surface area contributed by atoms with Gasteiger partial charge in [-0.25, -0.2) is 0 Å². The zero-order valence-electron chi connectivity index (χ0n) is 16.6. The van der Waals surface area contributed by atoms with Crippen molar-refractivity contribution in [3.05, 3.63) is 90.9 Å². The van der Waals surface area contributed by atoms with Crippen LogP contribution in [0, 0.1) is 0 Å². The molecule has 1 N–H and O–H groups in total. The van der Waals surface area contributed by atoms with Gasteiger partial charge >= 0.3 is 0 Å². The normalized spacial score (nSPS) is 10.4. The molecule has 4 aromatic rings. The van der Waals surface area contributed by atoms with Gasteiger partial charge in [0, 0.05) is 26.0 Å². The van der Waals surface area contributed by atoms with Gasteiger partial charge in [-0.3, -0.25) is 4.98 Å². The fraction of sp³-hybridized carbons (Fsp3) is 0.130. The lowest BCUT2D eigenvalue weighted by Crippen LogP contribution is -2.23. The molecule has 0 atom stereocenters. The molecule has 30 heavy (non-hydrogen) atoms. The van der Waals surface area contributed by atoms with E-state index in [9.17, 15) is 0 Å². The second-order valence-electron chi connectivity index (χ2n) is 6.70. The Kier molecular flexibility index (Phi) is 6.10. The van der Waals surface area contributed by atoms with E-state index in [0.717, 1.165) is 24.4 Å². The second-order valence-corrected chi connectivity index (χ2v) is 6.70. The molecular weight excluding hydrogens is 376 g/mol. The lowest BCUT2D eigenvalue weighted by Gasteiger charge is -2.17. The summed E-state index contributed by atoms with van der Waals surface area (Å²) < 4.78 is 6.01. The topological polar surface area (TPSA) is 76.1 Å². The first-order valence-corrected chi connectivity index (χ1v) is 9.66. The molecule has 0 radical (unpaired) electrons. The van der Waals surface area contributed by atoms with E-state index in [2.05, 4.69) is 25.5 Å². The number of pyridine rings is 1. The average Bonchev–Trinajstić information content (AvgIpc) is 2.80. The van der Waals surface area contributed by atoms with Crippen molar-refractivity contribution in [2.45, 2.75) is 6.42 Å². The molecule has 150 valence electrons. The molecule has 0 spiro atoms. The average molecular weight is 398 g/mol. The van der Waals surface area contributed by atoms with E-state index >= 15 is 0 Å². The van der Waals surface area contributed by atoms with Gasteiger partial charge in [0.25, 0.3) is 0 Å². The van der Waals surface area contributed by atoms with Gasteiger partial charge in [0.1, 0.15) is 5.75 Å². The molecule has 0 amide bonds. The smallest absolute Gasteiger partial charge is 0.247 e. The zero-order chi connectivity index (χ0) is 20.6. The Morgan fingerprint density at radius 2 is 1.70 bits per heavy atom. The third-order valence-corrected chi connectivity index (χ3v) is 4.50. The van der Waals surface area contributed by atoms with Gasteiger partial charge in [0.2, 0.25) is 5.95 Å². The number of anilines is 3. The van der Waals surface area contributed by atoms with Crippen molar-refractivity contribution in [2.24, 2.45) is 0 Å². The fourth-order valence-corrected chi connectivity index (χ4v) is 2.87. The summed E-state index contributed by atoms with van der Waals surface area (Å²) in [7, 11) is 1.95. The Morgan fingerprint density at radius 3 is 2.53 bits per heavy atom. The molecule has 2 aromatic carbocycles. The van der Waals surface area contributed by atoms with E-state index in [-0.39, 0.29) is 0 Å². The minimum Gasteiger partial charge on any atom is -0.455 e. The van der Waals surface area contributed by atoms with Crippen molar-refractivity contribution < 1.29 is 4.74 Å². The van der Waals surface area contributed by atoms with E-state index in [4.69, 9.17) is 4.74 Å². The Bertz CT molecular complexity index is 1080. The Morgan fingerprint density at radius 1 is 0.933 bits per heavy atom. The van der Waals surface area contributed by atoms with Gasteiger partial charge in [0.15, 0.2) is 11.6 Å². The summed E-state index contributed by atoms with van der Waals surface area (Å²) in [5, 5.41) is 11.6. The van der Waals surface area contributed by atoms with Gasteiger partial charge in [0.05, 0.1) is 11.9 Å². The van der Waals surface area contributed by atoms with Crippen LogP contribution < -0.4 is 15.0 Å². The number of likely N-dealkylation sites (N-methyl/N-ethyl adjacent to an activating group) is 1. The fourth-order valence-electron chi connectivity index (χ4n) is 2.87. The van der Waals surface area contributed by atoms with Gasteiger partial charge in [-0.05, 0) is 48.4 Å². The quantitative estimate of drug-likeness (QED) is 0.469. The molecule has 0 unspecified atom stereocenters. The predicted octanol–water partition coefficient (Wildman–Crippen LogP) is 4.48. The number of nitrogens with zero attached hydrogens (tertiary/aromatic N) is 5. The monoisotopic (exact) mass is 398 g/mol. The number of nitrogens with one attached hydrogen (secondary N) is 1. The van der Waals surface area contributed by atoms with Crippen LogP contribution in [0.2, 0.25) is 0 Å². The van der Waals surface area contributed by atoms with E-state index < -0.39 is 0 Å². The van der Waals surface area contributed by atoms with Crippen LogP contribution in [0.1, 0.15) is 5.56 Å². The first-order valence-electron chi connectivity index (χ1n) is 9.66. The highest BCUT2D eigenvalue weighted by Crippen LogP contribution is 2.31. The Balaban J connectivity index is 1.46. The van der Waals surface area contributed by atoms with Crippen LogP contribution in [0.15, 0.2) is 85.3 Å². The molecule has 7 nitrogen and oxygen atoms in total. The van der Waals surface area contributed by atoms with Crippen LogP contribution in [0.5, 0.6) is 11.5 Å². The van der Waals surface area contributed by atoms with E-state index in [0.29, 0.717) is 17.5 Å². The van der Waals surface area contributed by atoms with Crippen LogP contribution >= 0.6 is 0 Å². The maximum Gasteiger partial charge on any atom is 0.247 e. The number of ether oxygens (including phenoxy) is 1. The van der Waals surface area contributed by atoms with Gasteiger partial charge in [-0.15, -0.1) is 5.10 Å². The molecular formula is C23H22N6O. The van der Waals surface area contributed by atoms with Crippen molar-refractivity contribution in [2.75, 3.05) is 23.8 Å². The Hall–Kier alpha value is -4.00. The van der Waals surface area contributed by atoms with Crippen LogP contribution in [-0.2, 0) is 6.42 Å². The molecule has 2 heterocycles. The first-order chi connectivity index (χ1) is 14.8. The van der Waals surface area contributed by atoms with Crippen LogP contribution in [0.25, 0.3) is 0 Å². The van der Waals surface area contributed by atoms with Crippen LogP contribution in [0.3, 0.4) is 0 Å². The molecule has 0 aliphatic rings. The van der Waals surface area contributed by atoms with Gasteiger partial charge in [-0.1, -0.05) is 30.3 Å². The number of hydrogen-bond donors (Lipinski definition) is 1. The minimum atomic E-state index is 0.551. The summed E-state index contributed by atoms with van der Waals surface area (Å²) in [6, 6.07) is 21.4. The summed E-state index contributed by atoms with van der Waals surface area (Å²) in [5.74, 6) is 2.62. The third kappa shape index (κ3) is 5.08. The highest BCUT2D eigenvalue weighted by Gasteiger charge is 2.10. The number of hydrogen-bond acceptors (Lipinski definition) is 7. The number of aromatic nitrogens is 4. The summed E-state index contributed by atoms with van der Waals surface area (Å²) in [6.45, 7) is 0.767. The second kappa shape index (κ2) is 9.47. The summed E-state index contributed by atoms with van der Waals surface area (Å²) in [5.41, 5.74) is 2.01. The molecule has 7 heteroatoms. The molecule has 0 fully saturated rings. The van der Waals surface area contributed by atoms with Gasteiger partial charge < -0.3 is 15.0 Å². The lowest BCUT2D eigenvalue weighted by atomic mass is 10.2. The van der Waals surface area contributed by atoms with Crippen LogP contribution in [-0.4, -0.2) is 33.8 Å². The molecule has 4 rings (SSSR count). The number of para-hydroxylation sites is 3. The zero-order valence-corrected chi connectivity index (χ0v) is 16.6. The van der Waals surface area contributed by atoms with E-state index in [1.807, 2.05) is 78.7 Å². The molecule has 0 saturated heterocycles. The molecule has 2 aromatic heterocycles. The minimum absolute atomic E-state index is 0.551. The molecule has 0 saturated carbocycles. The van der Waals surface area contributed by atoms with Crippen molar-refractivity contribution in [1.29, 1.82) is 0 Å². The summed E-state index contributed by atoms with van der Waals surface area (Å²) >= 11 is 0. The Labute approximate surface area is 175 Å². The lowest BCUT2D eigenvalue weighted by molar-refractivity contribution is 0.485. The largest absolute Gasteiger partial charge is 0.455 e.